The van der Waals surface area contributed by atoms with Crippen molar-refractivity contribution >= 4 is 11.3 Å². The average Bonchev–Trinajstić information content (AvgIpc) is 2.95. The Kier molecular flexibility index (Phi) is 2.53. The lowest BCUT2D eigenvalue weighted by Crippen LogP contribution is -1.96. The summed E-state index contributed by atoms with van der Waals surface area (Å²) in [5.74, 6) is 1.44. The summed E-state index contributed by atoms with van der Waals surface area (Å²) < 4.78 is 10.5. The van der Waals surface area contributed by atoms with Crippen molar-refractivity contribution in [1.29, 1.82) is 0 Å². The molecular weight excluding hydrogens is 236 g/mol. The molecule has 0 radical (unpaired) electrons. The van der Waals surface area contributed by atoms with Gasteiger partial charge in [-0.3, -0.25) is 0 Å². The van der Waals surface area contributed by atoms with Gasteiger partial charge in [0.2, 0.25) is 6.79 Å². The van der Waals surface area contributed by atoms with Crippen LogP contribution in [-0.4, -0.2) is 11.9 Å². The van der Waals surface area contributed by atoms with Gasteiger partial charge in [0, 0.05) is 9.75 Å². The van der Waals surface area contributed by atoms with Crippen LogP contribution >= 0.6 is 11.3 Å². The molecule has 1 atom stereocenters. The van der Waals surface area contributed by atoms with Crippen LogP contribution < -0.4 is 9.47 Å². The minimum Gasteiger partial charge on any atom is -0.454 e. The Balaban J connectivity index is 1.94. The van der Waals surface area contributed by atoms with Gasteiger partial charge < -0.3 is 14.6 Å². The summed E-state index contributed by atoms with van der Waals surface area (Å²) in [6.07, 6.45) is -0.594. The third-order valence-corrected chi connectivity index (χ3v) is 3.80. The first-order chi connectivity index (χ1) is 8.24. The van der Waals surface area contributed by atoms with E-state index in [-0.39, 0.29) is 6.79 Å². The van der Waals surface area contributed by atoms with Crippen molar-refractivity contribution < 1.29 is 14.6 Å². The molecule has 0 saturated heterocycles. The molecule has 0 bridgehead atoms. The Labute approximate surface area is 103 Å². The summed E-state index contributed by atoms with van der Waals surface area (Å²) in [7, 11) is 0. The zero-order valence-electron chi connectivity index (χ0n) is 9.34. The van der Waals surface area contributed by atoms with Gasteiger partial charge in [-0.05, 0) is 36.8 Å². The smallest absolute Gasteiger partial charge is 0.231 e. The Bertz CT molecular complexity index is 547. The number of rotatable bonds is 2. The van der Waals surface area contributed by atoms with Gasteiger partial charge >= 0.3 is 0 Å². The predicted molar refractivity (Wildman–Crippen MR) is 65.7 cm³/mol. The first-order valence-electron chi connectivity index (χ1n) is 5.38. The number of thiophene rings is 1. The van der Waals surface area contributed by atoms with Crippen LogP contribution in [0.15, 0.2) is 30.3 Å². The molecule has 0 unspecified atom stereocenters. The van der Waals surface area contributed by atoms with Gasteiger partial charge in [0.15, 0.2) is 11.5 Å². The lowest BCUT2D eigenvalue weighted by atomic mass is 10.1. The summed E-state index contributed by atoms with van der Waals surface area (Å²) in [4.78, 5) is 2.14. The molecule has 0 amide bonds. The third-order valence-electron chi connectivity index (χ3n) is 2.74. The number of fused-ring (bicyclic) bond motifs is 1. The van der Waals surface area contributed by atoms with Crippen LogP contribution in [0, 0.1) is 6.92 Å². The zero-order valence-corrected chi connectivity index (χ0v) is 10.2. The predicted octanol–water partition coefficient (Wildman–Crippen LogP) is 2.87. The number of ether oxygens (including phenoxy) is 2. The second kappa shape index (κ2) is 4.05. The second-order valence-electron chi connectivity index (χ2n) is 3.96. The fourth-order valence-corrected chi connectivity index (χ4v) is 2.74. The second-order valence-corrected chi connectivity index (χ2v) is 5.28. The van der Waals surface area contributed by atoms with E-state index in [4.69, 9.17) is 9.47 Å². The molecule has 1 N–H and O–H groups in total. The number of aliphatic hydroxyl groups excluding tert-OH is 1. The van der Waals surface area contributed by atoms with Crippen LogP contribution in [0.1, 0.15) is 21.4 Å². The average molecular weight is 248 g/mol. The normalized spacial score (nSPS) is 14.9. The number of hydrogen-bond acceptors (Lipinski definition) is 4. The Morgan fingerprint density at radius 2 is 2.00 bits per heavy atom. The van der Waals surface area contributed by atoms with Gasteiger partial charge in [0.25, 0.3) is 0 Å². The molecule has 4 heteroatoms. The highest BCUT2D eigenvalue weighted by Gasteiger charge is 2.18. The Morgan fingerprint density at radius 3 is 2.76 bits per heavy atom. The fourth-order valence-electron chi connectivity index (χ4n) is 1.85. The van der Waals surface area contributed by atoms with Gasteiger partial charge in [-0.25, -0.2) is 0 Å². The highest BCUT2D eigenvalue weighted by atomic mass is 32.1. The highest BCUT2D eigenvalue weighted by molar-refractivity contribution is 7.12. The molecule has 17 heavy (non-hydrogen) atoms. The van der Waals surface area contributed by atoms with Crippen LogP contribution in [0.3, 0.4) is 0 Å². The van der Waals surface area contributed by atoms with Gasteiger partial charge in [-0.15, -0.1) is 11.3 Å². The Hall–Kier alpha value is -1.52. The van der Waals surface area contributed by atoms with Crippen molar-refractivity contribution in [2.24, 2.45) is 0 Å². The molecule has 0 aliphatic carbocycles. The van der Waals surface area contributed by atoms with Crippen LogP contribution in [0.4, 0.5) is 0 Å². The van der Waals surface area contributed by atoms with Gasteiger partial charge in [-0.2, -0.15) is 0 Å². The highest BCUT2D eigenvalue weighted by Crippen LogP contribution is 2.36. The Morgan fingerprint density at radius 1 is 1.18 bits per heavy atom. The lowest BCUT2D eigenvalue weighted by molar-refractivity contribution is 0.173. The SMILES string of the molecule is Cc1ccc([C@H](O)c2ccc3c(c2)OCO3)s1. The maximum atomic E-state index is 10.3. The molecular formula is C13H12O3S. The van der Waals surface area contributed by atoms with Gasteiger partial charge in [-0.1, -0.05) is 6.07 Å². The quantitative estimate of drug-likeness (QED) is 0.888. The molecule has 0 spiro atoms. The van der Waals surface area contributed by atoms with Crippen LogP contribution in [0.5, 0.6) is 11.5 Å². The standard InChI is InChI=1S/C13H12O3S/c1-8-2-5-12(17-8)13(14)9-3-4-10-11(6-9)16-7-15-10/h2-6,13-14H,7H2,1H3/t13-/m1/s1. The van der Waals surface area contributed by atoms with E-state index in [0.717, 1.165) is 16.2 Å². The summed E-state index contributed by atoms with van der Waals surface area (Å²) in [6.45, 7) is 2.29. The van der Waals surface area contributed by atoms with E-state index in [1.165, 1.54) is 4.88 Å². The maximum Gasteiger partial charge on any atom is 0.231 e. The lowest BCUT2D eigenvalue weighted by Gasteiger charge is -2.09. The summed E-state index contributed by atoms with van der Waals surface area (Å²) >= 11 is 1.60. The van der Waals surface area contributed by atoms with Gasteiger partial charge in [0.1, 0.15) is 6.10 Å². The molecule has 2 heterocycles. The van der Waals surface area contributed by atoms with E-state index in [9.17, 15) is 5.11 Å². The maximum absolute atomic E-state index is 10.3. The molecule has 2 aromatic rings. The fraction of sp³-hybridized carbons (Fsp3) is 0.231. The molecule has 0 saturated carbocycles. The van der Waals surface area contributed by atoms with E-state index in [1.807, 2.05) is 37.3 Å². The number of benzene rings is 1. The summed E-state index contributed by atoms with van der Waals surface area (Å²) in [5, 5.41) is 10.3. The summed E-state index contributed by atoms with van der Waals surface area (Å²) in [5.41, 5.74) is 0.830. The summed E-state index contributed by atoms with van der Waals surface area (Å²) in [6, 6.07) is 9.50. The topological polar surface area (TPSA) is 38.7 Å². The zero-order chi connectivity index (χ0) is 11.8. The first-order valence-corrected chi connectivity index (χ1v) is 6.19. The number of hydrogen-bond donors (Lipinski definition) is 1. The van der Waals surface area contributed by atoms with E-state index >= 15 is 0 Å². The monoisotopic (exact) mass is 248 g/mol. The minimum atomic E-state index is -0.594. The molecule has 1 aliphatic rings. The third kappa shape index (κ3) is 1.90. The van der Waals surface area contributed by atoms with E-state index in [1.54, 1.807) is 11.3 Å². The van der Waals surface area contributed by atoms with Crippen molar-refractivity contribution in [3.05, 3.63) is 45.6 Å². The van der Waals surface area contributed by atoms with Crippen molar-refractivity contribution in [3.63, 3.8) is 0 Å². The molecule has 3 rings (SSSR count). The van der Waals surface area contributed by atoms with Crippen LogP contribution in [0.2, 0.25) is 0 Å². The minimum absolute atomic E-state index is 0.257. The molecule has 1 aromatic heterocycles. The molecule has 88 valence electrons. The molecule has 1 aromatic carbocycles. The van der Waals surface area contributed by atoms with E-state index in [2.05, 4.69) is 0 Å². The number of aryl methyl sites for hydroxylation is 1. The van der Waals surface area contributed by atoms with Crippen molar-refractivity contribution in [2.45, 2.75) is 13.0 Å². The van der Waals surface area contributed by atoms with Crippen LogP contribution in [-0.2, 0) is 0 Å². The van der Waals surface area contributed by atoms with Crippen molar-refractivity contribution in [3.8, 4) is 11.5 Å². The largest absolute Gasteiger partial charge is 0.454 e. The van der Waals surface area contributed by atoms with Gasteiger partial charge in [0.05, 0.1) is 0 Å². The number of aliphatic hydroxyl groups is 1. The van der Waals surface area contributed by atoms with Crippen molar-refractivity contribution in [1.82, 2.24) is 0 Å². The van der Waals surface area contributed by atoms with Crippen molar-refractivity contribution in [2.75, 3.05) is 6.79 Å². The molecule has 3 nitrogen and oxygen atoms in total. The molecule has 1 aliphatic heterocycles. The first kappa shape index (κ1) is 10.6. The van der Waals surface area contributed by atoms with Crippen LogP contribution in [0.25, 0.3) is 0 Å². The van der Waals surface area contributed by atoms with E-state index < -0.39 is 6.10 Å². The van der Waals surface area contributed by atoms with E-state index in [0.29, 0.717) is 5.75 Å². The molecule has 0 fully saturated rings.